The summed E-state index contributed by atoms with van der Waals surface area (Å²) >= 11 is 0. The van der Waals surface area contributed by atoms with Crippen molar-refractivity contribution in [2.24, 2.45) is 33.5 Å². The van der Waals surface area contributed by atoms with Crippen molar-refractivity contribution in [1.29, 1.82) is 0 Å². The maximum atomic E-state index is 12.4. The van der Waals surface area contributed by atoms with Gasteiger partial charge >= 0.3 is 53.8 Å². The van der Waals surface area contributed by atoms with Gasteiger partial charge in [-0.1, -0.05) is 82.3 Å². The molecule has 2 aliphatic carbocycles. The molecule has 2 aliphatic heterocycles. The molecule has 2 heterocycles. The molecule has 36 heteroatoms. The first kappa shape index (κ1) is 107. The zero-order chi connectivity index (χ0) is 95.7. The lowest BCUT2D eigenvalue weighted by Gasteiger charge is -2.38. The number of ether oxygens (including phenoxy) is 10. The van der Waals surface area contributed by atoms with Crippen LogP contribution in [0.15, 0.2) is 97.1 Å². The van der Waals surface area contributed by atoms with Gasteiger partial charge in [-0.25, -0.2) is 14.4 Å². The van der Waals surface area contributed by atoms with Crippen molar-refractivity contribution in [3.05, 3.63) is 142 Å². The number of carbonyl (C=O) groups is 9. The summed E-state index contributed by atoms with van der Waals surface area (Å²) < 4.78 is 53.5. The van der Waals surface area contributed by atoms with Gasteiger partial charge in [0.2, 0.25) is 12.6 Å². The number of hydrogen-bond donors (Lipinski definition) is 17. The van der Waals surface area contributed by atoms with E-state index in [0.29, 0.717) is 41.8 Å². The lowest BCUT2D eigenvalue weighted by molar-refractivity contribution is -0.271. The van der Waals surface area contributed by atoms with Crippen molar-refractivity contribution in [2.75, 3.05) is 31.7 Å². The SMILES string of the molecule is CCc1cc(/C=C/COC(=O)C(C)(C)C)ccc1NC(=O)O[C@@H]1C[C@H](C(=O)O)[C@@H](O)[C@H](O)[C@H]1O.CCc1cc(O[C@@H]2C[C@H](C(=O)O)[C@@H](O)[C@H](O)[C@H]2O)ccc1/C=C/COC(=O)C(C)(C)C.CCc1ccc(/C=C/COC(=O)C(C)(C)C)c(OC2O[C@H](C(=O)O)[C@@H](O)[C@H](O)[C@H]2O)c1.CCc1ccc(OC2O[C@H](C(=O)O)[C@@H](O)[C@H](O)[C@H]2O)c(/C=C/COC(=O)C(C)(C)C)c1. The number of benzene rings is 4. The molecule has 0 aromatic heterocycles. The fourth-order valence-electron chi connectivity index (χ4n) is 12.5. The second-order valence-corrected chi connectivity index (χ2v) is 34.7. The highest BCUT2D eigenvalue weighted by atomic mass is 16.7. The van der Waals surface area contributed by atoms with Crippen LogP contribution in [0.3, 0.4) is 0 Å². The quantitative estimate of drug-likeness (QED) is 0.0229. The molecule has 17 N–H and O–H groups in total. The Bertz CT molecular complexity index is 4470. The molecule has 8 rings (SSSR count). The summed E-state index contributed by atoms with van der Waals surface area (Å²) in [7, 11) is 0. The van der Waals surface area contributed by atoms with Crippen LogP contribution in [-0.4, -0.2) is 272 Å². The number of anilines is 1. The van der Waals surface area contributed by atoms with E-state index in [1.807, 2.05) is 58.0 Å². The van der Waals surface area contributed by atoms with E-state index in [1.54, 1.807) is 174 Å². The van der Waals surface area contributed by atoms with Crippen molar-refractivity contribution >= 4 is 83.8 Å². The molecule has 0 spiro atoms. The lowest BCUT2D eigenvalue weighted by Crippen LogP contribution is -2.61. The fraction of sp³-hybridized carbons (Fsp3) is 0.549. The topological polar surface area (TPSA) is 582 Å². The molecule has 4 aromatic carbocycles. The van der Waals surface area contributed by atoms with E-state index in [-0.39, 0.29) is 74.6 Å². The first-order chi connectivity index (χ1) is 59.2. The summed E-state index contributed by atoms with van der Waals surface area (Å²) in [5.41, 5.74) is 4.58. The second-order valence-electron chi connectivity index (χ2n) is 34.7. The van der Waals surface area contributed by atoms with Crippen LogP contribution in [0, 0.1) is 33.5 Å². The summed E-state index contributed by atoms with van der Waals surface area (Å²) in [5, 5.41) is 159. The van der Waals surface area contributed by atoms with Gasteiger partial charge in [-0.05, 0) is 209 Å². The van der Waals surface area contributed by atoms with Crippen LogP contribution in [0.1, 0.15) is 168 Å². The number of hydrogen-bond acceptors (Lipinski definition) is 31. The van der Waals surface area contributed by atoms with Crippen LogP contribution in [0.25, 0.3) is 24.3 Å². The number of rotatable bonds is 28. The maximum absolute atomic E-state index is 12.4. The number of aliphatic hydroxyl groups excluding tert-OH is 12. The van der Waals surface area contributed by atoms with Gasteiger partial charge in [0.1, 0.15) is 117 Å². The molecule has 0 bridgehead atoms. The molecule has 2 unspecified atom stereocenters. The van der Waals surface area contributed by atoms with Gasteiger partial charge in [0.15, 0.2) is 12.2 Å². The minimum atomic E-state index is -1.80. The molecular formula is C91H125NO35. The lowest BCUT2D eigenvalue weighted by atomic mass is 9.80. The molecule has 4 fully saturated rings. The number of carbonyl (C=O) groups excluding carboxylic acids is 5. The standard InChI is InChI=1S/C24H33NO9.C23H32O8.2C22H30O9/c1-5-14-11-13(7-6-10-33-22(31)24(2,3)4)8-9-16(14)25-23(32)34-17-12-15(21(29)30)18(26)20(28)19(17)27;1-5-13-11-15(9-8-14(13)7-6-10-30-22(29)23(2,3)4)31-17-12-16(21(27)28)18(24)20(26)19(17)25;1-5-12-8-9-14(13(11-12)7-6-10-29-21(28)22(2,3)4)30-20-17(25)15(23)16(24)18(31-20)19(26)27;1-5-12-8-9-13(7-6-10-29-21(28)22(2,3)4)14(11-12)30-20-17(25)15(23)16(24)18(31-20)19(26)27/h6-9,11,15,17-20,26-28H,5,10,12H2,1-4H3,(H,25,32)(H,29,30);6-9,11,16-20,24-26H,5,10,12H2,1-4H3,(H,27,28);2*6-9,11,15-18,20,23-25H,5,10H2,1-4H3,(H,26,27)/b4*7-6+/t15-,17+,18+,19-,20-;16-,17+,18+,19-,20-;2*15-,16-,17+,18-,20?/m0000/s1. The van der Waals surface area contributed by atoms with Crippen LogP contribution in [0.4, 0.5) is 10.5 Å². The van der Waals surface area contributed by atoms with Crippen molar-refractivity contribution in [3.8, 4) is 17.2 Å². The van der Waals surface area contributed by atoms with Gasteiger partial charge < -0.3 is 129 Å². The van der Waals surface area contributed by atoms with Gasteiger partial charge in [0.05, 0.1) is 45.7 Å². The van der Waals surface area contributed by atoms with Gasteiger partial charge in [-0.3, -0.25) is 34.1 Å². The largest absolute Gasteiger partial charge is 0.488 e. The van der Waals surface area contributed by atoms with Crippen molar-refractivity contribution in [3.63, 3.8) is 0 Å². The number of carboxylic acid groups (broad SMARTS) is 4. The monoisotopic (exact) mass is 1790 g/mol. The Labute approximate surface area is 736 Å². The predicted octanol–water partition coefficient (Wildman–Crippen LogP) is 5.99. The first-order valence-corrected chi connectivity index (χ1v) is 41.4. The number of aliphatic hydroxyl groups is 12. The number of amides is 1. The zero-order valence-corrected chi connectivity index (χ0v) is 74.1. The highest BCUT2D eigenvalue weighted by molar-refractivity contribution is 5.86. The Balaban J connectivity index is 0.000000301. The van der Waals surface area contributed by atoms with Gasteiger partial charge in [-0.15, -0.1) is 0 Å². The average molecular weight is 1790 g/mol. The van der Waals surface area contributed by atoms with E-state index in [9.17, 15) is 125 Å². The van der Waals surface area contributed by atoms with Crippen LogP contribution >= 0.6 is 0 Å². The Morgan fingerprint density at radius 3 is 1.18 bits per heavy atom. The smallest absolute Gasteiger partial charge is 0.411 e. The Hall–Kier alpha value is -10.3. The van der Waals surface area contributed by atoms with E-state index < -0.39 is 174 Å². The zero-order valence-electron chi connectivity index (χ0n) is 74.1. The van der Waals surface area contributed by atoms with Gasteiger partial charge in [0.25, 0.3) is 0 Å². The maximum Gasteiger partial charge on any atom is 0.411 e. The van der Waals surface area contributed by atoms with Crippen LogP contribution in [0.5, 0.6) is 17.2 Å². The van der Waals surface area contributed by atoms with E-state index in [1.165, 1.54) is 0 Å². The Morgan fingerprint density at radius 2 is 0.756 bits per heavy atom. The molecule has 4 aliphatic rings. The molecule has 36 nitrogen and oxygen atoms in total. The fourth-order valence-corrected chi connectivity index (χ4v) is 12.5. The summed E-state index contributed by atoms with van der Waals surface area (Å²) in [6, 6.07) is 21.1. The summed E-state index contributed by atoms with van der Waals surface area (Å²) in [6.07, 6.45) is -13.9. The number of aliphatic carboxylic acids is 4. The molecular weight excluding hydrogens is 1670 g/mol. The van der Waals surface area contributed by atoms with Gasteiger partial charge in [-0.2, -0.15) is 0 Å². The summed E-state index contributed by atoms with van der Waals surface area (Å²) in [6.45, 7) is 29.3. The van der Waals surface area contributed by atoms with Crippen molar-refractivity contribution < 1.29 is 172 Å². The molecule has 4 aromatic rings. The predicted molar refractivity (Wildman–Crippen MR) is 457 cm³/mol. The number of carboxylic acids is 4. The second kappa shape index (κ2) is 48.2. The Kier molecular flexibility index (Phi) is 40.7. The molecule has 20 atom stereocenters. The number of esters is 4. The average Bonchev–Trinajstić information content (AvgIpc) is 0.807. The third kappa shape index (κ3) is 31.6. The van der Waals surface area contributed by atoms with E-state index in [2.05, 4.69) is 5.32 Å². The van der Waals surface area contributed by atoms with Crippen molar-refractivity contribution in [1.82, 2.24) is 0 Å². The molecule has 2 saturated heterocycles. The molecule has 1 amide bonds. The third-order valence-electron chi connectivity index (χ3n) is 20.4. The molecule has 0 radical (unpaired) electrons. The molecule has 704 valence electrons. The number of aryl methyl sites for hydroxylation is 4. The first-order valence-electron chi connectivity index (χ1n) is 41.4. The number of nitrogens with one attached hydrogen (secondary N) is 1. The highest BCUT2D eigenvalue weighted by Crippen LogP contribution is 2.36. The third-order valence-corrected chi connectivity index (χ3v) is 20.4. The minimum absolute atomic E-state index is 0.0413. The van der Waals surface area contributed by atoms with Gasteiger partial charge in [0, 0.05) is 29.7 Å². The van der Waals surface area contributed by atoms with Crippen molar-refractivity contribution in [2.45, 2.75) is 260 Å². The molecule has 127 heavy (non-hydrogen) atoms. The van der Waals surface area contributed by atoms with Crippen LogP contribution in [0.2, 0.25) is 0 Å². The van der Waals surface area contributed by atoms with Crippen LogP contribution in [-0.2, 0) is 97.2 Å². The van der Waals surface area contributed by atoms with Crippen LogP contribution < -0.4 is 19.5 Å². The highest BCUT2D eigenvalue weighted by Gasteiger charge is 2.52. The van der Waals surface area contributed by atoms with E-state index in [0.717, 1.165) is 39.8 Å². The molecule has 2 saturated carbocycles. The van der Waals surface area contributed by atoms with E-state index in [4.69, 9.17) is 47.4 Å². The summed E-state index contributed by atoms with van der Waals surface area (Å²) in [4.78, 5) is 105. The summed E-state index contributed by atoms with van der Waals surface area (Å²) in [5.74, 6) is -8.53. The normalized spacial score (nSPS) is 26.2. The van der Waals surface area contributed by atoms with E-state index >= 15 is 0 Å². The Morgan fingerprint density at radius 1 is 0.370 bits per heavy atom. The minimum Gasteiger partial charge on any atom is -0.488 e.